The van der Waals surface area contributed by atoms with Crippen molar-refractivity contribution >= 4 is 21.8 Å². The molecule has 0 aliphatic heterocycles. The van der Waals surface area contributed by atoms with E-state index < -0.39 is 188 Å². The Kier molecular flexibility index (Phi) is 5.03. The molecular formula is C64H64N4OPt-2. The molecule has 2 aliphatic rings. The van der Waals surface area contributed by atoms with Crippen LogP contribution in [0.2, 0.25) is 0 Å². The quantitative estimate of drug-likeness (QED) is 0.118. The van der Waals surface area contributed by atoms with Gasteiger partial charge in [0, 0.05) is 101 Å². The minimum absolute atomic E-state index is 0. The van der Waals surface area contributed by atoms with Crippen LogP contribution < -0.4 is 9.30 Å². The number of rotatable bonds is 7. The predicted octanol–water partition coefficient (Wildman–Crippen LogP) is 15.8. The monoisotopic (exact) mass is 1140 g/mol. The summed E-state index contributed by atoms with van der Waals surface area (Å²) < 4.78 is 359. The van der Waals surface area contributed by atoms with Gasteiger partial charge in [-0.3, -0.25) is 4.57 Å². The second-order valence-electron chi connectivity index (χ2n) is 17.9. The molecule has 0 saturated carbocycles. The SMILES string of the molecule is [2H]c1c([2H])c2c(c([2H])c1-c1cccc(-c3c([2H])c([2H])c4c(c3[2H])C(C([2H])([2H])[2H])(C([2H])([2H])[2H])C([2H])([2H])C([2H])([2H])C4(C([2H])([2H])[2H])C([2H])([2H])[2H])c1-[n+]1[c-]n(-c3[c-]c(Oc4[c-]c5c(cc4)c4ccccc4n5-c4cc(C(C)(C)C)ccn4)ccc3)cc1)C(C([2H])([2H])[2H])(C([2H])([2H])[2H])C([2H])([2H])C([2H])([2H])C2(C([2H])([2H])[2H])C([2H])([2H])[2H].[Pt]. The summed E-state index contributed by atoms with van der Waals surface area (Å²) >= 11 is 0. The number of nitrogens with zero attached hydrogens (tertiary/aromatic N) is 4. The van der Waals surface area contributed by atoms with E-state index in [4.69, 9.17) is 42.6 Å². The molecule has 0 radical (unpaired) electrons. The van der Waals surface area contributed by atoms with Gasteiger partial charge in [-0.2, -0.15) is 18.2 Å². The number of aromatic nitrogens is 4. The van der Waals surface area contributed by atoms with E-state index in [1.165, 1.54) is 24.4 Å². The van der Waals surface area contributed by atoms with E-state index in [2.05, 4.69) is 18.5 Å². The Morgan fingerprint density at radius 3 is 1.90 bits per heavy atom. The Morgan fingerprint density at radius 2 is 1.27 bits per heavy atom. The van der Waals surface area contributed by atoms with Crippen LogP contribution in [0.5, 0.6) is 11.5 Å². The summed E-state index contributed by atoms with van der Waals surface area (Å²) in [6, 6.07) is 17.8. The maximum atomic E-state index is 10.2. The van der Waals surface area contributed by atoms with Crippen LogP contribution in [-0.2, 0) is 48.1 Å². The fourth-order valence-electron chi connectivity index (χ4n) is 8.55. The van der Waals surface area contributed by atoms with E-state index in [-0.39, 0.29) is 43.7 Å². The number of benzene rings is 6. The number of para-hydroxylation sites is 2. The van der Waals surface area contributed by atoms with E-state index in [0.717, 1.165) is 55.4 Å². The maximum Gasteiger partial charge on any atom is 0.267 e. The molecule has 6 heteroatoms. The summed E-state index contributed by atoms with van der Waals surface area (Å²) in [5, 5.41) is 1.62. The maximum absolute atomic E-state index is 10.2. The zero-order valence-corrected chi connectivity index (χ0v) is 39.6. The molecule has 3 aromatic heterocycles. The Balaban J connectivity index is 0.0000124. The van der Waals surface area contributed by atoms with E-state index >= 15 is 0 Å². The van der Waals surface area contributed by atoms with Gasteiger partial charge in [0.1, 0.15) is 5.82 Å². The second kappa shape index (κ2) is 17.1. The molecule has 9 aromatic rings. The van der Waals surface area contributed by atoms with Crippen LogP contribution in [0.15, 0.2) is 140 Å². The summed E-state index contributed by atoms with van der Waals surface area (Å²) in [4.78, 5) is 4.72. The van der Waals surface area contributed by atoms with Gasteiger partial charge in [0.2, 0.25) is 0 Å². The smallest absolute Gasteiger partial charge is 0.267 e. The third-order valence-corrected chi connectivity index (χ3v) is 12.0. The van der Waals surface area contributed by atoms with Crippen molar-refractivity contribution in [3.05, 3.63) is 186 Å². The summed E-state index contributed by atoms with van der Waals surface area (Å²) in [6.45, 7) is -30.1. The van der Waals surface area contributed by atoms with Crippen LogP contribution in [0.4, 0.5) is 0 Å². The average molecular weight is 1140 g/mol. The van der Waals surface area contributed by atoms with Crippen LogP contribution in [0.25, 0.3) is 61.3 Å². The third-order valence-electron chi connectivity index (χ3n) is 12.0. The third kappa shape index (κ3) is 8.26. The Labute approximate surface area is 483 Å². The van der Waals surface area contributed by atoms with Crippen molar-refractivity contribution in [1.29, 1.82) is 0 Å². The predicted molar refractivity (Wildman–Crippen MR) is 283 cm³/mol. The number of hydrogen-bond acceptors (Lipinski definition) is 2. The van der Waals surface area contributed by atoms with E-state index in [1.807, 2.05) is 61.7 Å². The van der Waals surface area contributed by atoms with Crippen LogP contribution in [0.3, 0.4) is 0 Å². The Hall–Kier alpha value is -6.03. The summed E-state index contributed by atoms with van der Waals surface area (Å²) in [6.07, 6.45) is -12.4. The zero-order valence-electron chi connectivity index (χ0n) is 75.3. The molecule has 11 rings (SSSR count). The van der Waals surface area contributed by atoms with Crippen molar-refractivity contribution in [1.82, 2.24) is 14.1 Å². The molecule has 0 unspecified atom stereocenters. The molecule has 0 spiro atoms. The van der Waals surface area contributed by atoms with Gasteiger partial charge in [-0.25, -0.2) is 4.98 Å². The van der Waals surface area contributed by atoms with Crippen molar-refractivity contribution < 1.29 is 82.5 Å². The fourth-order valence-corrected chi connectivity index (χ4v) is 8.55. The van der Waals surface area contributed by atoms with Gasteiger partial charge in [0.25, 0.3) is 6.33 Å². The minimum atomic E-state index is -4.83. The molecule has 358 valence electrons. The van der Waals surface area contributed by atoms with Crippen molar-refractivity contribution in [2.75, 3.05) is 0 Å². The molecular weight excluding hydrogens is 1040 g/mol. The first kappa shape index (κ1) is 20.6. The molecule has 0 bridgehead atoms. The average Bonchev–Trinajstić information content (AvgIpc) is 0.712. The van der Waals surface area contributed by atoms with Crippen LogP contribution >= 0.6 is 0 Å². The molecule has 6 aromatic carbocycles. The second-order valence-corrected chi connectivity index (χ2v) is 17.9. The molecule has 2 aliphatic carbocycles. The largest absolute Gasteiger partial charge is 0.510 e. The molecule has 3 heterocycles. The van der Waals surface area contributed by atoms with Crippen LogP contribution in [0, 0.1) is 18.5 Å². The number of fused-ring (bicyclic) bond motifs is 5. The Bertz CT molecular complexity index is 4890. The molecule has 70 heavy (non-hydrogen) atoms. The van der Waals surface area contributed by atoms with E-state index in [0.29, 0.717) is 11.3 Å². The molecule has 0 saturated heterocycles. The molecule has 0 fully saturated rings. The molecule has 0 N–H and O–H groups in total. The van der Waals surface area contributed by atoms with E-state index in [1.54, 1.807) is 18.3 Å². The number of hydrogen-bond donors (Lipinski definition) is 0. The minimum Gasteiger partial charge on any atom is -0.510 e. The van der Waals surface area contributed by atoms with Gasteiger partial charge in [-0.1, -0.05) is 154 Å². The van der Waals surface area contributed by atoms with Crippen molar-refractivity contribution in [3.63, 3.8) is 0 Å². The van der Waals surface area contributed by atoms with Gasteiger partial charge in [0.15, 0.2) is 0 Å². The van der Waals surface area contributed by atoms with Crippen molar-refractivity contribution in [2.45, 2.75) is 128 Å². The van der Waals surface area contributed by atoms with Gasteiger partial charge < -0.3 is 13.9 Å². The number of pyridine rings is 1. The van der Waals surface area contributed by atoms with Gasteiger partial charge in [0.05, 0.1) is 13.9 Å². The standard InChI is InChI=1S/C64H64N4O.Pt/c1-60(2,3)44-28-33-65-58(38-44)68-56-21-13-12-18-50(56)51-25-24-47(40-57(51)68)69-46-17-14-16-45(39-46)66-34-35-67(41-66)59-48(42-22-26-52-54(36-42)63(8,9)31-29-61(52,4)5)19-15-20-49(59)43-23-27-53-55(37-43)64(10,11)32-30-62(53,6)7;/h12-28,33-38H,29-32H2,1-11H3;/q-2;/i4D3,5D3,6D3,7D3,8D3,9D3,10D3,11D3,22D,23D,26D,27D,29D2,30D2,31D2,32D2,36D,37D;. The fraction of sp³-hybridized carbons (Fsp3) is 0.312. The van der Waals surface area contributed by atoms with E-state index in [9.17, 15) is 19.2 Å². The first-order chi connectivity index (χ1) is 48.4. The summed E-state index contributed by atoms with van der Waals surface area (Å²) in [5.41, 5.74) is -29.6. The first-order valence-corrected chi connectivity index (χ1v) is 21.5. The number of ether oxygens (including phenoxy) is 1. The van der Waals surface area contributed by atoms with Crippen molar-refractivity contribution in [3.8, 4) is 50.9 Å². The normalized spacial score (nSPS) is 28.9. The van der Waals surface area contributed by atoms with Gasteiger partial charge in [-0.05, 0) is 132 Å². The zero-order chi connectivity index (χ0) is 80.6. The van der Waals surface area contributed by atoms with Crippen LogP contribution in [0.1, 0.15) is 181 Å². The summed E-state index contributed by atoms with van der Waals surface area (Å²) in [5.74, 6) is 0.683. The summed E-state index contributed by atoms with van der Waals surface area (Å²) in [7, 11) is 0. The topological polar surface area (TPSA) is 35.9 Å². The van der Waals surface area contributed by atoms with Gasteiger partial charge >= 0.3 is 0 Å². The molecule has 0 atom stereocenters. The first-order valence-electron chi connectivity index (χ1n) is 40.5. The molecule has 0 amide bonds. The number of imidazole rings is 1. The van der Waals surface area contributed by atoms with Gasteiger partial charge in [-0.15, -0.1) is 29.7 Å². The Morgan fingerprint density at radius 1 is 0.671 bits per heavy atom. The van der Waals surface area contributed by atoms with Crippen LogP contribution in [-0.4, -0.2) is 14.1 Å². The van der Waals surface area contributed by atoms with Crippen molar-refractivity contribution in [2.24, 2.45) is 0 Å². The molecule has 5 nitrogen and oxygen atoms in total.